The molecule has 3 aromatic rings. The van der Waals surface area contributed by atoms with E-state index in [2.05, 4.69) is 13.1 Å². The SMILES string of the molecule is CCc1cc2c(C[NH+](C)Cc3cccc(OC)c3)cc(=O)oc2cc1O. The molecular formula is C21H24NO4+. The van der Waals surface area contributed by atoms with E-state index >= 15 is 0 Å². The molecule has 3 rings (SSSR count). The van der Waals surface area contributed by atoms with E-state index in [9.17, 15) is 9.90 Å². The second kappa shape index (κ2) is 7.62. The summed E-state index contributed by atoms with van der Waals surface area (Å²) in [6, 6.07) is 13.0. The Kier molecular flexibility index (Phi) is 5.28. The zero-order valence-corrected chi connectivity index (χ0v) is 15.3. The third-order valence-corrected chi connectivity index (χ3v) is 4.54. The summed E-state index contributed by atoms with van der Waals surface area (Å²) in [6.07, 6.45) is 0.715. The molecule has 0 radical (unpaired) electrons. The van der Waals surface area contributed by atoms with E-state index in [1.165, 1.54) is 16.5 Å². The van der Waals surface area contributed by atoms with Gasteiger partial charge in [-0.05, 0) is 30.2 Å². The minimum Gasteiger partial charge on any atom is -0.508 e. The van der Waals surface area contributed by atoms with E-state index in [4.69, 9.17) is 9.15 Å². The number of phenols is 1. The van der Waals surface area contributed by atoms with Crippen LogP contribution in [-0.4, -0.2) is 19.3 Å². The van der Waals surface area contributed by atoms with E-state index in [1.54, 1.807) is 13.2 Å². The molecule has 1 heterocycles. The van der Waals surface area contributed by atoms with Crippen LogP contribution in [0.1, 0.15) is 23.6 Å². The highest BCUT2D eigenvalue weighted by Crippen LogP contribution is 2.26. The molecule has 0 fully saturated rings. The number of nitrogens with one attached hydrogen (secondary N) is 1. The Morgan fingerprint density at radius 3 is 2.65 bits per heavy atom. The number of ether oxygens (including phenoxy) is 1. The number of fused-ring (bicyclic) bond motifs is 1. The first kappa shape index (κ1) is 18.0. The lowest BCUT2D eigenvalue weighted by Gasteiger charge is -2.16. The lowest BCUT2D eigenvalue weighted by molar-refractivity contribution is -0.907. The normalized spacial score (nSPS) is 12.3. The molecule has 0 aliphatic heterocycles. The van der Waals surface area contributed by atoms with Crippen LogP contribution in [0.25, 0.3) is 11.0 Å². The van der Waals surface area contributed by atoms with Gasteiger partial charge >= 0.3 is 5.63 Å². The Balaban J connectivity index is 1.90. The molecule has 26 heavy (non-hydrogen) atoms. The van der Waals surface area contributed by atoms with Gasteiger partial charge < -0.3 is 19.2 Å². The van der Waals surface area contributed by atoms with Gasteiger partial charge in [0.2, 0.25) is 0 Å². The highest BCUT2D eigenvalue weighted by Gasteiger charge is 2.14. The van der Waals surface area contributed by atoms with Crippen LogP contribution in [0.2, 0.25) is 0 Å². The Hall–Kier alpha value is -2.79. The van der Waals surface area contributed by atoms with E-state index in [0.29, 0.717) is 18.5 Å². The fourth-order valence-corrected chi connectivity index (χ4v) is 3.26. The first-order chi connectivity index (χ1) is 12.5. The smallest absolute Gasteiger partial charge is 0.336 e. The van der Waals surface area contributed by atoms with Crippen LogP contribution in [0.4, 0.5) is 0 Å². The largest absolute Gasteiger partial charge is 0.508 e. The Morgan fingerprint density at radius 2 is 1.92 bits per heavy atom. The number of aromatic hydroxyl groups is 1. The molecule has 0 amide bonds. The summed E-state index contributed by atoms with van der Waals surface area (Å²) in [6.45, 7) is 3.46. The van der Waals surface area contributed by atoms with Gasteiger partial charge in [-0.15, -0.1) is 0 Å². The van der Waals surface area contributed by atoms with Crippen molar-refractivity contribution >= 4 is 11.0 Å². The lowest BCUT2D eigenvalue weighted by atomic mass is 10.0. The van der Waals surface area contributed by atoms with Crippen LogP contribution in [0.3, 0.4) is 0 Å². The molecule has 0 spiro atoms. The summed E-state index contributed by atoms with van der Waals surface area (Å²) < 4.78 is 10.5. The zero-order chi connectivity index (χ0) is 18.7. The molecule has 0 aliphatic carbocycles. The van der Waals surface area contributed by atoms with E-state index in [0.717, 1.165) is 28.8 Å². The maximum absolute atomic E-state index is 11.9. The van der Waals surface area contributed by atoms with Gasteiger partial charge in [0.25, 0.3) is 0 Å². The molecular weight excluding hydrogens is 330 g/mol. The van der Waals surface area contributed by atoms with Gasteiger partial charge in [-0.1, -0.05) is 19.1 Å². The summed E-state index contributed by atoms with van der Waals surface area (Å²) in [5.74, 6) is 1.00. The summed E-state index contributed by atoms with van der Waals surface area (Å²) in [5.41, 5.74) is 2.96. The monoisotopic (exact) mass is 354 g/mol. The number of quaternary nitrogens is 1. The number of phenolic OH excluding ortho intramolecular Hbond substituents is 1. The Labute approximate surface area is 152 Å². The number of hydrogen-bond acceptors (Lipinski definition) is 4. The van der Waals surface area contributed by atoms with Gasteiger partial charge in [0.05, 0.1) is 14.2 Å². The summed E-state index contributed by atoms with van der Waals surface area (Å²) in [5, 5.41) is 10.9. The fraction of sp³-hybridized carbons (Fsp3) is 0.286. The minimum atomic E-state index is -0.398. The third kappa shape index (κ3) is 3.89. The van der Waals surface area contributed by atoms with Crippen LogP contribution >= 0.6 is 0 Å². The van der Waals surface area contributed by atoms with Crippen LogP contribution in [0.5, 0.6) is 11.5 Å². The lowest BCUT2D eigenvalue weighted by Crippen LogP contribution is -3.06. The minimum absolute atomic E-state index is 0.164. The second-order valence-electron chi connectivity index (χ2n) is 6.58. The molecule has 0 saturated carbocycles. The maximum Gasteiger partial charge on any atom is 0.336 e. The number of benzene rings is 2. The fourth-order valence-electron chi connectivity index (χ4n) is 3.26. The molecule has 5 heteroatoms. The van der Waals surface area contributed by atoms with Crippen molar-refractivity contribution in [1.29, 1.82) is 0 Å². The molecule has 1 unspecified atom stereocenters. The number of methoxy groups -OCH3 is 1. The number of hydrogen-bond donors (Lipinski definition) is 2. The van der Waals surface area contributed by atoms with E-state index in [1.807, 2.05) is 31.2 Å². The van der Waals surface area contributed by atoms with Crippen molar-refractivity contribution in [3.05, 3.63) is 69.6 Å². The highest BCUT2D eigenvalue weighted by molar-refractivity contribution is 5.82. The van der Waals surface area contributed by atoms with Crippen LogP contribution < -0.4 is 15.3 Å². The van der Waals surface area contributed by atoms with Gasteiger partial charge in [-0.3, -0.25) is 0 Å². The van der Waals surface area contributed by atoms with Crippen molar-refractivity contribution in [2.24, 2.45) is 0 Å². The number of aryl methyl sites for hydroxylation is 1. The Bertz CT molecular complexity index is 977. The van der Waals surface area contributed by atoms with Crippen molar-refractivity contribution in [3.63, 3.8) is 0 Å². The zero-order valence-electron chi connectivity index (χ0n) is 15.3. The standard InChI is InChI=1S/C21H23NO4/c1-4-15-9-18-16(10-21(24)26-20(18)11-19(15)23)13-22(2)12-14-6-5-7-17(8-14)25-3/h5-11,23H,4,12-13H2,1-3H3/p+1. The van der Waals surface area contributed by atoms with E-state index < -0.39 is 5.63 Å². The van der Waals surface area contributed by atoms with Crippen LogP contribution in [0.15, 0.2) is 51.7 Å². The Morgan fingerprint density at radius 1 is 1.12 bits per heavy atom. The molecule has 2 N–H and O–H groups in total. The molecule has 0 saturated heterocycles. The first-order valence-corrected chi connectivity index (χ1v) is 8.73. The molecule has 2 aromatic carbocycles. The highest BCUT2D eigenvalue weighted by atomic mass is 16.5. The third-order valence-electron chi connectivity index (χ3n) is 4.54. The van der Waals surface area contributed by atoms with Crippen molar-refractivity contribution in [1.82, 2.24) is 0 Å². The van der Waals surface area contributed by atoms with Gasteiger partial charge in [-0.25, -0.2) is 4.79 Å². The van der Waals surface area contributed by atoms with Crippen molar-refractivity contribution < 1.29 is 19.2 Å². The van der Waals surface area contributed by atoms with Gasteiger partial charge in [0.1, 0.15) is 30.2 Å². The van der Waals surface area contributed by atoms with Gasteiger partial charge in [0, 0.05) is 28.6 Å². The summed E-state index contributed by atoms with van der Waals surface area (Å²) in [4.78, 5) is 13.2. The summed E-state index contributed by atoms with van der Waals surface area (Å²) >= 11 is 0. The predicted octanol–water partition coefficient (Wildman–Crippen LogP) is 2.28. The quantitative estimate of drug-likeness (QED) is 0.667. The van der Waals surface area contributed by atoms with E-state index in [-0.39, 0.29) is 5.75 Å². The summed E-state index contributed by atoms with van der Waals surface area (Å²) in [7, 11) is 3.74. The van der Waals surface area contributed by atoms with Crippen LogP contribution in [-0.2, 0) is 19.5 Å². The average molecular weight is 354 g/mol. The van der Waals surface area contributed by atoms with Crippen LogP contribution in [0, 0.1) is 0 Å². The molecule has 1 atom stereocenters. The topological polar surface area (TPSA) is 64.1 Å². The second-order valence-corrected chi connectivity index (χ2v) is 6.58. The molecule has 136 valence electrons. The first-order valence-electron chi connectivity index (χ1n) is 8.73. The van der Waals surface area contributed by atoms with Gasteiger partial charge in [-0.2, -0.15) is 0 Å². The van der Waals surface area contributed by atoms with Crippen molar-refractivity contribution in [3.8, 4) is 11.5 Å². The maximum atomic E-state index is 11.9. The molecule has 1 aromatic heterocycles. The average Bonchev–Trinajstić information content (AvgIpc) is 2.61. The molecule has 5 nitrogen and oxygen atoms in total. The van der Waals surface area contributed by atoms with Crippen molar-refractivity contribution in [2.45, 2.75) is 26.4 Å². The molecule has 0 aliphatic rings. The molecule has 0 bridgehead atoms. The van der Waals surface area contributed by atoms with Gasteiger partial charge in [0.15, 0.2) is 0 Å². The van der Waals surface area contributed by atoms with Crippen molar-refractivity contribution in [2.75, 3.05) is 14.2 Å². The number of rotatable bonds is 6. The predicted molar refractivity (Wildman–Crippen MR) is 101 cm³/mol.